The van der Waals surface area contributed by atoms with Crippen molar-refractivity contribution in [3.05, 3.63) is 35.8 Å². The summed E-state index contributed by atoms with van der Waals surface area (Å²) in [5, 5.41) is 6.50. The molecule has 0 unspecified atom stereocenters. The van der Waals surface area contributed by atoms with Crippen LogP contribution >= 0.6 is 0 Å². The van der Waals surface area contributed by atoms with E-state index >= 15 is 0 Å². The number of amides is 1. The molecule has 0 atom stereocenters. The fourth-order valence-electron chi connectivity index (χ4n) is 3.18. The molecule has 0 saturated heterocycles. The fourth-order valence-corrected chi connectivity index (χ4v) is 3.18. The molecule has 2 rings (SSSR count). The van der Waals surface area contributed by atoms with E-state index in [4.69, 9.17) is 0 Å². The minimum Gasteiger partial charge on any atom is -0.386 e. The SMILES string of the molecule is CC(=O)Nc1cnccc1CCC/C=C(\C)NC1CCCCC1. The molecule has 1 aromatic heterocycles. The number of hydrogen-bond acceptors (Lipinski definition) is 3. The zero-order valence-corrected chi connectivity index (χ0v) is 14.4. The minimum absolute atomic E-state index is 0.0494. The van der Waals surface area contributed by atoms with Gasteiger partial charge in [-0.3, -0.25) is 9.78 Å². The number of aryl methyl sites for hydroxylation is 1. The van der Waals surface area contributed by atoms with Crippen molar-refractivity contribution in [3.63, 3.8) is 0 Å². The molecule has 2 N–H and O–H groups in total. The third-order valence-corrected chi connectivity index (χ3v) is 4.36. The molecule has 1 fully saturated rings. The van der Waals surface area contributed by atoms with Crippen LogP contribution in [0.3, 0.4) is 0 Å². The van der Waals surface area contributed by atoms with Crippen molar-refractivity contribution in [2.24, 2.45) is 0 Å². The first-order chi connectivity index (χ1) is 11.1. The average Bonchev–Trinajstić information content (AvgIpc) is 2.53. The van der Waals surface area contributed by atoms with Gasteiger partial charge in [-0.05, 0) is 50.7 Å². The van der Waals surface area contributed by atoms with E-state index in [1.54, 1.807) is 12.4 Å². The number of hydrogen-bond donors (Lipinski definition) is 2. The summed E-state index contributed by atoms with van der Waals surface area (Å²) in [4.78, 5) is 15.3. The van der Waals surface area contributed by atoms with Crippen LogP contribution in [0.2, 0.25) is 0 Å². The molecule has 0 spiro atoms. The maximum Gasteiger partial charge on any atom is 0.221 e. The first-order valence-electron chi connectivity index (χ1n) is 8.79. The first kappa shape index (κ1) is 17.5. The van der Waals surface area contributed by atoms with Crippen molar-refractivity contribution in [1.82, 2.24) is 10.3 Å². The van der Waals surface area contributed by atoms with Crippen molar-refractivity contribution < 1.29 is 4.79 Å². The lowest BCUT2D eigenvalue weighted by Gasteiger charge is -2.24. The molecule has 126 valence electrons. The quantitative estimate of drug-likeness (QED) is 0.742. The molecule has 1 aliphatic carbocycles. The molecular formula is C19H29N3O. The fraction of sp³-hybridized carbons (Fsp3) is 0.579. The lowest BCUT2D eigenvalue weighted by molar-refractivity contribution is -0.114. The second-order valence-corrected chi connectivity index (χ2v) is 6.47. The largest absolute Gasteiger partial charge is 0.386 e. The second kappa shape index (κ2) is 9.33. The molecule has 1 amide bonds. The Morgan fingerprint density at radius 1 is 1.30 bits per heavy atom. The van der Waals surface area contributed by atoms with E-state index in [1.807, 2.05) is 6.07 Å². The lowest BCUT2D eigenvalue weighted by Crippen LogP contribution is -2.29. The Kier molecular flexibility index (Phi) is 7.11. The maximum atomic E-state index is 11.2. The van der Waals surface area contributed by atoms with E-state index in [9.17, 15) is 4.79 Å². The number of allylic oxidation sites excluding steroid dienone is 2. The topological polar surface area (TPSA) is 54.0 Å². The lowest BCUT2D eigenvalue weighted by atomic mass is 9.95. The van der Waals surface area contributed by atoms with Gasteiger partial charge in [0.1, 0.15) is 0 Å². The number of rotatable bonds is 7. The van der Waals surface area contributed by atoms with Crippen molar-refractivity contribution in [3.8, 4) is 0 Å². The van der Waals surface area contributed by atoms with Crippen LogP contribution in [-0.2, 0) is 11.2 Å². The Bertz CT molecular complexity index is 533. The van der Waals surface area contributed by atoms with E-state index in [0.29, 0.717) is 6.04 Å². The van der Waals surface area contributed by atoms with Gasteiger partial charge in [0.2, 0.25) is 5.91 Å². The summed E-state index contributed by atoms with van der Waals surface area (Å²) in [7, 11) is 0. The molecule has 1 aliphatic rings. The van der Waals surface area contributed by atoms with Crippen molar-refractivity contribution in [1.29, 1.82) is 0 Å². The summed E-state index contributed by atoms with van der Waals surface area (Å²) in [6.07, 6.45) is 15.6. The minimum atomic E-state index is -0.0494. The van der Waals surface area contributed by atoms with Crippen LogP contribution in [0.15, 0.2) is 30.2 Å². The molecule has 23 heavy (non-hydrogen) atoms. The molecule has 0 aromatic carbocycles. The van der Waals surface area contributed by atoms with E-state index < -0.39 is 0 Å². The molecule has 1 saturated carbocycles. The predicted molar refractivity (Wildman–Crippen MR) is 95.2 cm³/mol. The standard InChI is InChI=1S/C19H29N3O/c1-15(21-18-10-4-3-5-11-18)8-6-7-9-17-12-13-20-14-19(17)22-16(2)23/h8,12-14,18,21H,3-7,9-11H2,1-2H3,(H,22,23)/b15-8+. The van der Waals surface area contributed by atoms with Crippen molar-refractivity contribution in [2.75, 3.05) is 5.32 Å². The molecule has 0 aliphatic heterocycles. The zero-order chi connectivity index (χ0) is 16.5. The van der Waals surface area contributed by atoms with Crippen LogP contribution in [-0.4, -0.2) is 16.9 Å². The van der Waals surface area contributed by atoms with Gasteiger partial charge in [0.25, 0.3) is 0 Å². The summed E-state index contributed by atoms with van der Waals surface area (Å²) < 4.78 is 0. The molecule has 0 radical (unpaired) electrons. The Morgan fingerprint density at radius 3 is 2.83 bits per heavy atom. The highest BCUT2D eigenvalue weighted by molar-refractivity contribution is 5.89. The second-order valence-electron chi connectivity index (χ2n) is 6.47. The Hall–Kier alpha value is -1.84. The van der Waals surface area contributed by atoms with Crippen LogP contribution in [0.5, 0.6) is 0 Å². The number of carbonyl (C=O) groups excluding carboxylic acids is 1. The van der Waals surface area contributed by atoms with Crippen LogP contribution in [0.1, 0.15) is 64.4 Å². The van der Waals surface area contributed by atoms with E-state index in [2.05, 4.69) is 28.6 Å². The number of nitrogens with one attached hydrogen (secondary N) is 2. The van der Waals surface area contributed by atoms with E-state index in [0.717, 1.165) is 30.5 Å². The van der Waals surface area contributed by atoms with Gasteiger partial charge in [-0.1, -0.05) is 25.3 Å². The average molecular weight is 315 g/mol. The van der Waals surface area contributed by atoms with Gasteiger partial charge >= 0.3 is 0 Å². The van der Waals surface area contributed by atoms with Crippen LogP contribution in [0.25, 0.3) is 0 Å². The highest BCUT2D eigenvalue weighted by Gasteiger charge is 2.12. The van der Waals surface area contributed by atoms with Gasteiger partial charge in [-0.25, -0.2) is 0 Å². The number of anilines is 1. The molecule has 0 bridgehead atoms. The van der Waals surface area contributed by atoms with Crippen LogP contribution in [0.4, 0.5) is 5.69 Å². The highest BCUT2D eigenvalue weighted by Crippen LogP contribution is 2.19. The summed E-state index contributed by atoms with van der Waals surface area (Å²) in [6.45, 7) is 3.70. The monoisotopic (exact) mass is 315 g/mol. The van der Waals surface area contributed by atoms with E-state index in [1.165, 1.54) is 44.7 Å². The maximum absolute atomic E-state index is 11.2. The summed E-state index contributed by atoms with van der Waals surface area (Å²) >= 11 is 0. The van der Waals surface area contributed by atoms with Crippen LogP contribution < -0.4 is 10.6 Å². The van der Waals surface area contributed by atoms with Gasteiger partial charge in [-0.15, -0.1) is 0 Å². The molecule has 1 aromatic rings. The van der Waals surface area contributed by atoms with Gasteiger partial charge in [-0.2, -0.15) is 0 Å². The van der Waals surface area contributed by atoms with Gasteiger partial charge < -0.3 is 10.6 Å². The van der Waals surface area contributed by atoms with Gasteiger partial charge in [0.05, 0.1) is 11.9 Å². The third kappa shape index (κ3) is 6.43. The zero-order valence-electron chi connectivity index (χ0n) is 14.4. The van der Waals surface area contributed by atoms with Gasteiger partial charge in [0.15, 0.2) is 0 Å². The number of pyridine rings is 1. The Morgan fingerprint density at radius 2 is 2.09 bits per heavy atom. The Balaban J connectivity index is 1.76. The van der Waals surface area contributed by atoms with E-state index in [-0.39, 0.29) is 5.91 Å². The van der Waals surface area contributed by atoms with Gasteiger partial charge in [0, 0.05) is 24.9 Å². The predicted octanol–water partition coefficient (Wildman–Crippen LogP) is 4.19. The number of carbonyl (C=O) groups is 1. The smallest absolute Gasteiger partial charge is 0.221 e. The number of aromatic nitrogens is 1. The Labute approximate surface area is 139 Å². The van der Waals surface area contributed by atoms with Crippen molar-refractivity contribution in [2.45, 2.75) is 71.3 Å². The molecule has 4 heteroatoms. The number of nitrogens with zero attached hydrogens (tertiary/aromatic N) is 1. The first-order valence-corrected chi connectivity index (χ1v) is 8.79. The molecule has 4 nitrogen and oxygen atoms in total. The van der Waals surface area contributed by atoms with Crippen LogP contribution in [0, 0.1) is 0 Å². The highest BCUT2D eigenvalue weighted by atomic mass is 16.1. The normalized spacial score (nSPS) is 16.2. The summed E-state index contributed by atoms with van der Waals surface area (Å²) in [5.41, 5.74) is 3.29. The molecule has 1 heterocycles. The molecular weight excluding hydrogens is 286 g/mol. The summed E-state index contributed by atoms with van der Waals surface area (Å²) in [5.74, 6) is -0.0494. The van der Waals surface area contributed by atoms with Crippen molar-refractivity contribution >= 4 is 11.6 Å². The third-order valence-electron chi connectivity index (χ3n) is 4.36. The number of unbranched alkanes of at least 4 members (excludes halogenated alkanes) is 1. The summed E-state index contributed by atoms with van der Waals surface area (Å²) in [6, 6.07) is 2.66.